The van der Waals surface area contributed by atoms with E-state index in [1.165, 1.54) is 52.6 Å². The van der Waals surface area contributed by atoms with Crippen molar-refractivity contribution < 1.29 is 32.5 Å². The van der Waals surface area contributed by atoms with Crippen LogP contribution in [0, 0.1) is 0 Å². The smallest absolute Gasteiger partial charge is 0.371 e. The Bertz CT molecular complexity index is 520. The van der Waals surface area contributed by atoms with Crippen LogP contribution in [0.1, 0.15) is 84.5 Å². The number of quaternary nitrogens is 1. The number of hydrogen-bond donors (Lipinski definition) is 2. The summed E-state index contributed by atoms with van der Waals surface area (Å²) in [5, 5.41) is 18.0. The molecule has 156 valence electrons. The Balaban J connectivity index is 4.34. The fourth-order valence-electron chi connectivity index (χ4n) is 3.19. The van der Waals surface area contributed by atoms with Crippen LogP contribution in [0.25, 0.3) is 0 Å². The van der Waals surface area contributed by atoms with E-state index in [1.807, 2.05) is 0 Å². The fourth-order valence-corrected chi connectivity index (χ4v) is 4.17. The summed E-state index contributed by atoms with van der Waals surface area (Å²) in [6.45, 7) is 3.86. The zero-order chi connectivity index (χ0) is 20.4. The molecule has 8 heteroatoms. The van der Waals surface area contributed by atoms with Crippen molar-refractivity contribution in [3.8, 4) is 0 Å². The molecule has 0 fully saturated rings. The second-order valence-corrected chi connectivity index (χ2v) is 9.25. The second kappa shape index (κ2) is 11.2. The van der Waals surface area contributed by atoms with Crippen molar-refractivity contribution in [2.75, 3.05) is 14.1 Å². The van der Waals surface area contributed by atoms with Crippen molar-refractivity contribution in [3.05, 3.63) is 0 Å². The van der Waals surface area contributed by atoms with Gasteiger partial charge in [-0.1, -0.05) is 64.7 Å². The number of aliphatic carboxylic acids is 1. The molecule has 0 aliphatic rings. The first-order valence-corrected chi connectivity index (χ1v) is 11.1. The molecule has 0 aromatic carbocycles. The number of carboxylic acid groups (broad SMARTS) is 1. The molecule has 2 atom stereocenters. The van der Waals surface area contributed by atoms with Gasteiger partial charge in [-0.05, 0) is 19.8 Å². The Morgan fingerprint density at radius 1 is 1.00 bits per heavy atom. The molecule has 0 bridgehead atoms. The van der Waals surface area contributed by atoms with Gasteiger partial charge in [0, 0.05) is 0 Å². The molecule has 0 saturated heterocycles. The number of hydrogen-bond acceptors (Lipinski definition) is 5. The van der Waals surface area contributed by atoms with E-state index in [9.17, 15) is 28.0 Å². The molecule has 0 amide bonds. The van der Waals surface area contributed by atoms with Crippen molar-refractivity contribution >= 4 is 16.1 Å². The van der Waals surface area contributed by atoms with E-state index in [0.29, 0.717) is 6.42 Å². The maximum atomic E-state index is 11.5. The first-order chi connectivity index (χ1) is 11.9. The van der Waals surface area contributed by atoms with Gasteiger partial charge in [0.15, 0.2) is 5.97 Å². The normalized spacial score (nSPS) is 16.2. The van der Waals surface area contributed by atoms with Crippen LogP contribution in [-0.2, 0) is 14.9 Å². The van der Waals surface area contributed by atoms with Crippen LogP contribution in [0.5, 0.6) is 0 Å². The van der Waals surface area contributed by atoms with Crippen LogP contribution < -0.4 is 5.11 Å². The second-order valence-electron chi connectivity index (χ2n) is 7.73. The summed E-state index contributed by atoms with van der Waals surface area (Å²) in [5.74, 6) is -2.22. The molecule has 0 saturated carbocycles. The van der Waals surface area contributed by atoms with Gasteiger partial charge in [0.05, 0.1) is 20.1 Å². The summed E-state index contributed by atoms with van der Waals surface area (Å²) in [6.07, 6.45) is 12.2. The third-order valence-corrected chi connectivity index (χ3v) is 6.84. The lowest BCUT2D eigenvalue weighted by atomic mass is 10.0. The average Bonchev–Trinajstić information content (AvgIpc) is 2.53. The maximum Gasteiger partial charge on any atom is 0.371 e. The molecule has 0 spiro atoms. The Hall–Kier alpha value is -0.700. The monoisotopic (exact) mass is 395 g/mol. The number of carboxylic acids is 1. The first kappa shape index (κ1) is 25.3. The van der Waals surface area contributed by atoms with Gasteiger partial charge in [-0.3, -0.25) is 9.04 Å². The molecule has 2 unspecified atom stereocenters. The van der Waals surface area contributed by atoms with Crippen molar-refractivity contribution in [1.29, 1.82) is 0 Å². The number of rotatable bonds is 15. The standard InChI is InChI=1S/C18H37NO6S/c1-5-6-7-8-9-10-11-12-13-14-15-16(2)19(3,4)18(22,17(20)21)26(23,24)25/h16,22H,5-15H2,1-4H3,(H-,20,21,23,24,25). The van der Waals surface area contributed by atoms with Gasteiger partial charge < -0.3 is 15.0 Å². The summed E-state index contributed by atoms with van der Waals surface area (Å²) in [5.41, 5.74) is 0. The molecule has 26 heavy (non-hydrogen) atoms. The molecule has 0 aromatic heterocycles. The van der Waals surface area contributed by atoms with Crippen LogP contribution in [0.3, 0.4) is 0 Å². The van der Waals surface area contributed by atoms with Gasteiger partial charge >= 0.3 is 15.2 Å². The molecule has 0 aliphatic heterocycles. The molecule has 0 aliphatic carbocycles. The predicted octanol–water partition coefficient (Wildman–Crippen LogP) is 2.05. The van der Waals surface area contributed by atoms with E-state index in [0.717, 1.165) is 25.7 Å². The Kier molecular flexibility index (Phi) is 10.9. The molecular weight excluding hydrogens is 358 g/mol. The van der Waals surface area contributed by atoms with Gasteiger partial charge in [0.1, 0.15) is 0 Å². The lowest BCUT2D eigenvalue weighted by molar-refractivity contribution is -0.962. The van der Waals surface area contributed by atoms with Crippen molar-refractivity contribution in [1.82, 2.24) is 0 Å². The largest absolute Gasteiger partial charge is 0.541 e. The Morgan fingerprint density at radius 3 is 1.73 bits per heavy atom. The highest BCUT2D eigenvalue weighted by Gasteiger charge is 2.59. The molecule has 7 nitrogen and oxygen atoms in total. The number of nitrogens with zero attached hydrogens (tertiary/aromatic N) is 1. The molecule has 0 heterocycles. The van der Waals surface area contributed by atoms with E-state index >= 15 is 0 Å². The molecule has 2 N–H and O–H groups in total. The van der Waals surface area contributed by atoms with E-state index in [1.54, 1.807) is 6.92 Å². The fraction of sp³-hybridized carbons (Fsp3) is 0.944. The average molecular weight is 396 g/mol. The molecule has 0 aromatic rings. The van der Waals surface area contributed by atoms with E-state index < -0.39 is 31.7 Å². The summed E-state index contributed by atoms with van der Waals surface area (Å²) in [7, 11) is -2.72. The summed E-state index contributed by atoms with van der Waals surface area (Å²) in [4.78, 5) is 11.2. The topological polar surface area (TPSA) is 115 Å². The van der Waals surface area contributed by atoms with Crippen LogP contribution in [0.15, 0.2) is 0 Å². The quantitative estimate of drug-likeness (QED) is 0.190. The highest BCUT2D eigenvalue weighted by Crippen LogP contribution is 2.29. The number of likely N-dealkylation sites (N-methyl/N-ethyl adjacent to an activating group) is 1. The van der Waals surface area contributed by atoms with E-state index in [-0.39, 0.29) is 0 Å². The number of carbonyl (C=O) groups excluding carboxylic acids is 1. The Morgan fingerprint density at radius 2 is 1.38 bits per heavy atom. The summed E-state index contributed by atoms with van der Waals surface area (Å²) < 4.78 is 31.3. The van der Waals surface area contributed by atoms with Crippen LogP contribution >= 0.6 is 0 Å². The lowest BCUT2D eigenvalue weighted by Crippen LogP contribution is -2.73. The third-order valence-electron chi connectivity index (χ3n) is 5.48. The number of carbonyl (C=O) groups is 1. The van der Waals surface area contributed by atoms with Gasteiger partial charge in [0.2, 0.25) is 0 Å². The molecular formula is C18H37NO6S. The van der Waals surface area contributed by atoms with E-state index in [4.69, 9.17) is 0 Å². The van der Waals surface area contributed by atoms with Crippen molar-refractivity contribution in [3.63, 3.8) is 0 Å². The number of unbranched alkanes of at least 4 members (excludes halogenated alkanes) is 9. The highest BCUT2D eigenvalue weighted by atomic mass is 32.2. The van der Waals surface area contributed by atoms with Crippen molar-refractivity contribution in [2.24, 2.45) is 0 Å². The highest BCUT2D eigenvalue weighted by molar-refractivity contribution is 7.87. The number of aliphatic hydroxyl groups is 1. The molecule has 0 rings (SSSR count). The van der Waals surface area contributed by atoms with Gasteiger partial charge in [-0.2, -0.15) is 8.42 Å². The maximum absolute atomic E-state index is 11.5. The van der Waals surface area contributed by atoms with Gasteiger partial charge in [0.25, 0.3) is 0 Å². The van der Waals surface area contributed by atoms with Crippen LogP contribution in [-0.4, -0.2) is 53.7 Å². The summed E-state index contributed by atoms with van der Waals surface area (Å²) >= 11 is 0. The van der Waals surface area contributed by atoms with Gasteiger partial charge in [-0.15, -0.1) is 0 Å². The Labute approximate surface area is 158 Å². The molecule has 0 radical (unpaired) electrons. The predicted molar refractivity (Wildman–Crippen MR) is 99.5 cm³/mol. The third kappa shape index (κ3) is 6.79. The van der Waals surface area contributed by atoms with Gasteiger partial charge in [-0.25, -0.2) is 0 Å². The lowest BCUT2D eigenvalue weighted by Gasteiger charge is -2.46. The van der Waals surface area contributed by atoms with Crippen molar-refractivity contribution in [2.45, 2.75) is 95.6 Å². The minimum Gasteiger partial charge on any atom is -0.541 e. The zero-order valence-electron chi connectivity index (χ0n) is 16.7. The minimum atomic E-state index is -5.25. The SMILES string of the molecule is CCCCCCCCCCCCC(C)[N+](C)(C)C(O)(C(=O)[O-])S(=O)(=O)O. The first-order valence-electron chi connectivity index (χ1n) is 9.67. The van der Waals surface area contributed by atoms with Crippen LogP contribution in [0.4, 0.5) is 0 Å². The van der Waals surface area contributed by atoms with Crippen LogP contribution in [0.2, 0.25) is 0 Å². The zero-order valence-corrected chi connectivity index (χ0v) is 17.6. The van der Waals surface area contributed by atoms with E-state index in [2.05, 4.69) is 6.92 Å². The minimum absolute atomic E-state index is 0.492. The summed E-state index contributed by atoms with van der Waals surface area (Å²) in [6, 6.07) is -0.492.